The first kappa shape index (κ1) is 27.0. The van der Waals surface area contributed by atoms with Crippen molar-refractivity contribution in [3.05, 3.63) is 101 Å². The van der Waals surface area contributed by atoms with Crippen molar-refractivity contribution < 1.29 is 19.0 Å². The molecule has 3 aromatic carbocycles. The lowest BCUT2D eigenvalue weighted by molar-refractivity contribution is -0.156. The molecule has 36 heavy (non-hydrogen) atoms. The highest BCUT2D eigenvalue weighted by molar-refractivity contribution is 5.77. The van der Waals surface area contributed by atoms with E-state index in [1.807, 2.05) is 68.4 Å². The number of hydrogen-bond acceptors (Lipinski definition) is 4. The van der Waals surface area contributed by atoms with Crippen molar-refractivity contribution in [2.75, 3.05) is 7.11 Å². The van der Waals surface area contributed by atoms with Gasteiger partial charge in [-0.05, 0) is 67.1 Å². The number of ether oxygens (including phenoxy) is 3. The Morgan fingerprint density at radius 3 is 2.31 bits per heavy atom. The molecule has 1 unspecified atom stereocenters. The Kier molecular flexibility index (Phi) is 9.73. The fourth-order valence-electron chi connectivity index (χ4n) is 4.29. The van der Waals surface area contributed by atoms with E-state index in [0.29, 0.717) is 26.1 Å². The van der Waals surface area contributed by atoms with Crippen LogP contribution in [-0.4, -0.2) is 13.1 Å². The number of carbonyl (C=O) groups is 1. The van der Waals surface area contributed by atoms with Gasteiger partial charge in [0.2, 0.25) is 0 Å². The second-order valence-electron chi connectivity index (χ2n) is 9.61. The highest BCUT2D eigenvalue weighted by Gasteiger charge is 2.39. The molecule has 0 aliphatic carbocycles. The van der Waals surface area contributed by atoms with Crippen LogP contribution in [0.5, 0.6) is 5.75 Å². The molecule has 188 valence electrons. The summed E-state index contributed by atoms with van der Waals surface area (Å²) in [5, 5.41) is 0. The predicted molar refractivity (Wildman–Crippen MR) is 143 cm³/mol. The standard InChI is InChI=1S/C32H36O4/c1-6-7-13-30(32(3,4)31(33)36-22-25-11-9-8-10-12-25)27-17-14-24(2)28(20-27)23-35-21-26-15-18-29(34-5)19-16-26/h1,8-12,14-20,30H,7,13,21-23H2,2-5H3. The first-order valence-corrected chi connectivity index (χ1v) is 12.3. The molecule has 0 aliphatic heterocycles. The molecule has 3 aromatic rings. The second-order valence-corrected chi connectivity index (χ2v) is 9.61. The van der Waals surface area contributed by atoms with E-state index in [4.69, 9.17) is 20.6 Å². The molecule has 0 fully saturated rings. The van der Waals surface area contributed by atoms with Crippen LogP contribution in [-0.2, 0) is 34.1 Å². The molecule has 4 heteroatoms. The number of rotatable bonds is 12. The molecule has 0 bridgehead atoms. The Morgan fingerprint density at radius 2 is 1.64 bits per heavy atom. The van der Waals surface area contributed by atoms with Crippen LogP contribution in [0.2, 0.25) is 0 Å². The summed E-state index contributed by atoms with van der Waals surface area (Å²) in [5.41, 5.74) is 4.61. The van der Waals surface area contributed by atoms with E-state index in [2.05, 4.69) is 31.0 Å². The fraction of sp³-hybridized carbons (Fsp3) is 0.344. The van der Waals surface area contributed by atoms with E-state index in [0.717, 1.165) is 33.6 Å². The van der Waals surface area contributed by atoms with Crippen LogP contribution in [0.4, 0.5) is 0 Å². The van der Waals surface area contributed by atoms with Crippen LogP contribution < -0.4 is 4.74 Å². The van der Waals surface area contributed by atoms with Crippen molar-refractivity contribution in [3.63, 3.8) is 0 Å². The van der Waals surface area contributed by atoms with Gasteiger partial charge in [-0.1, -0.05) is 60.7 Å². The fourth-order valence-corrected chi connectivity index (χ4v) is 4.29. The molecule has 0 aromatic heterocycles. The zero-order chi connectivity index (χ0) is 26.0. The van der Waals surface area contributed by atoms with Crippen molar-refractivity contribution in [3.8, 4) is 18.1 Å². The third-order valence-electron chi connectivity index (χ3n) is 6.65. The average molecular weight is 485 g/mol. The van der Waals surface area contributed by atoms with Crippen molar-refractivity contribution in [1.29, 1.82) is 0 Å². The van der Waals surface area contributed by atoms with Crippen LogP contribution in [0, 0.1) is 24.7 Å². The molecule has 0 heterocycles. The molecule has 0 radical (unpaired) electrons. The van der Waals surface area contributed by atoms with Crippen LogP contribution in [0.1, 0.15) is 60.4 Å². The van der Waals surface area contributed by atoms with Gasteiger partial charge in [-0.3, -0.25) is 4.79 Å². The van der Waals surface area contributed by atoms with Gasteiger partial charge < -0.3 is 14.2 Å². The van der Waals surface area contributed by atoms with Gasteiger partial charge in [0.25, 0.3) is 0 Å². The largest absolute Gasteiger partial charge is 0.497 e. The maximum absolute atomic E-state index is 13.2. The molecule has 4 nitrogen and oxygen atoms in total. The summed E-state index contributed by atoms with van der Waals surface area (Å²) < 4.78 is 17.0. The minimum absolute atomic E-state index is 0.0854. The molecule has 0 amide bonds. The lowest BCUT2D eigenvalue weighted by atomic mass is 9.72. The normalized spacial score (nSPS) is 12.0. The monoisotopic (exact) mass is 484 g/mol. The predicted octanol–water partition coefficient (Wildman–Crippen LogP) is 6.99. The number of methoxy groups -OCH3 is 1. The lowest BCUT2D eigenvalue weighted by Gasteiger charge is -2.33. The third-order valence-corrected chi connectivity index (χ3v) is 6.65. The second kappa shape index (κ2) is 13.0. The first-order chi connectivity index (χ1) is 17.3. The quantitative estimate of drug-likeness (QED) is 0.205. The molecule has 0 N–H and O–H groups in total. The molecular weight excluding hydrogens is 448 g/mol. The zero-order valence-electron chi connectivity index (χ0n) is 21.8. The summed E-state index contributed by atoms with van der Waals surface area (Å²) >= 11 is 0. The van der Waals surface area contributed by atoms with Gasteiger partial charge in [-0.25, -0.2) is 0 Å². The molecule has 1 atom stereocenters. The number of esters is 1. The topological polar surface area (TPSA) is 44.8 Å². The number of aryl methyl sites for hydroxylation is 1. The van der Waals surface area contributed by atoms with Crippen molar-refractivity contribution in [1.82, 2.24) is 0 Å². The molecule has 3 rings (SSSR count). The molecule has 0 spiro atoms. The summed E-state index contributed by atoms with van der Waals surface area (Å²) in [7, 11) is 1.66. The average Bonchev–Trinajstić information content (AvgIpc) is 2.90. The number of carbonyl (C=O) groups excluding carboxylic acids is 1. The van der Waals surface area contributed by atoms with E-state index in [1.165, 1.54) is 0 Å². The minimum atomic E-state index is -0.748. The minimum Gasteiger partial charge on any atom is -0.497 e. The van der Waals surface area contributed by atoms with E-state index in [1.54, 1.807) is 7.11 Å². The lowest BCUT2D eigenvalue weighted by Crippen LogP contribution is -2.33. The van der Waals surface area contributed by atoms with Gasteiger partial charge in [0, 0.05) is 12.3 Å². The first-order valence-electron chi connectivity index (χ1n) is 12.3. The number of hydrogen-bond donors (Lipinski definition) is 0. The Morgan fingerprint density at radius 1 is 0.944 bits per heavy atom. The van der Waals surface area contributed by atoms with Crippen molar-refractivity contribution >= 4 is 5.97 Å². The molecule has 0 aliphatic rings. The van der Waals surface area contributed by atoms with Gasteiger partial charge in [-0.2, -0.15) is 0 Å². The Hall–Kier alpha value is -3.55. The Bertz CT molecular complexity index is 1160. The molecule has 0 saturated heterocycles. The van der Waals surface area contributed by atoms with Gasteiger partial charge in [0.1, 0.15) is 12.4 Å². The molecule has 0 saturated carbocycles. The van der Waals surface area contributed by atoms with Gasteiger partial charge >= 0.3 is 5.97 Å². The third kappa shape index (κ3) is 7.23. The Balaban J connectivity index is 1.73. The Labute approximate surface area is 215 Å². The van der Waals surface area contributed by atoms with Crippen LogP contribution in [0.25, 0.3) is 0 Å². The highest BCUT2D eigenvalue weighted by Crippen LogP contribution is 2.41. The summed E-state index contributed by atoms with van der Waals surface area (Å²) in [6.07, 6.45) is 6.88. The maximum Gasteiger partial charge on any atom is 0.312 e. The summed E-state index contributed by atoms with van der Waals surface area (Å²) in [4.78, 5) is 13.2. The van der Waals surface area contributed by atoms with Gasteiger partial charge in [0.15, 0.2) is 0 Å². The van der Waals surface area contributed by atoms with E-state index in [-0.39, 0.29) is 18.5 Å². The zero-order valence-corrected chi connectivity index (χ0v) is 21.8. The van der Waals surface area contributed by atoms with Crippen LogP contribution in [0.15, 0.2) is 72.8 Å². The number of benzene rings is 3. The highest BCUT2D eigenvalue weighted by atomic mass is 16.5. The van der Waals surface area contributed by atoms with Gasteiger partial charge in [0.05, 0.1) is 25.7 Å². The summed E-state index contributed by atoms with van der Waals surface area (Å²) in [6.45, 7) is 7.20. The van der Waals surface area contributed by atoms with Crippen LogP contribution >= 0.6 is 0 Å². The molecular formula is C32H36O4. The van der Waals surface area contributed by atoms with Crippen LogP contribution in [0.3, 0.4) is 0 Å². The summed E-state index contributed by atoms with van der Waals surface area (Å²) in [6, 6.07) is 23.9. The maximum atomic E-state index is 13.2. The SMILES string of the molecule is C#CCCC(c1ccc(C)c(COCc2ccc(OC)cc2)c1)C(C)(C)C(=O)OCc1ccccc1. The summed E-state index contributed by atoms with van der Waals surface area (Å²) in [5.74, 6) is 3.25. The number of terminal acetylenes is 1. The van der Waals surface area contributed by atoms with Crippen molar-refractivity contribution in [2.24, 2.45) is 5.41 Å². The van der Waals surface area contributed by atoms with E-state index in [9.17, 15) is 4.79 Å². The van der Waals surface area contributed by atoms with Crippen molar-refractivity contribution in [2.45, 2.75) is 59.4 Å². The van der Waals surface area contributed by atoms with E-state index < -0.39 is 5.41 Å². The smallest absolute Gasteiger partial charge is 0.312 e. The van der Waals surface area contributed by atoms with E-state index >= 15 is 0 Å². The van der Waals surface area contributed by atoms with Gasteiger partial charge in [-0.15, -0.1) is 12.3 Å².